The van der Waals surface area contributed by atoms with Gasteiger partial charge in [0.25, 0.3) is 5.91 Å². The minimum Gasteiger partial charge on any atom is -0.325 e. The number of nitrogens with one attached hydrogen (secondary N) is 1. The van der Waals surface area contributed by atoms with Gasteiger partial charge in [0.15, 0.2) is 0 Å². The fourth-order valence-corrected chi connectivity index (χ4v) is 4.19. The molecule has 0 bridgehead atoms. The van der Waals surface area contributed by atoms with E-state index in [0.717, 1.165) is 12.8 Å². The molecule has 8 heteroatoms. The predicted molar refractivity (Wildman–Crippen MR) is 116 cm³/mol. The summed E-state index contributed by atoms with van der Waals surface area (Å²) in [5.41, 5.74) is 1.27. The van der Waals surface area contributed by atoms with Crippen molar-refractivity contribution in [2.45, 2.75) is 18.9 Å². The number of carbonyl (C=O) groups excluding carboxylic acids is 3. The van der Waals surface area contributed by atoms with Gasteiger partial charge in [0, 0.05) is 29.8 Å². The van der Waals surface area contributed by atoms with Crippen LogP contribution in [-0.2, 0) is 9.59 Å². The van der Waals surface area contributed by atoms with Gasteiger partial charge < -0.3 is 10.2 Å². The fourth-order valence-electron chi connectivity index (χ4n) is 3.99. The van der Waals surface area contributed by atoms with Gasteiger partial charge in [-0.1, -0.05) is 35.9 Å². The summed E-state index contributed by atoms with van der Waals surface area (Å²) in [6.45, 7) is 1.77. The van der Waals surface area contributed by atoms with Crippen molar-refractivity contribution >= 4 is 40.8 Å². The molecule has 2 aliphatic rings. The highest BCUT2D eigenvalue weighted by Crippen LogP contribution is 2.26. The molecule has 2 saturated heterocycles. The van der Waals surface area contributed by atoms with Crippen LogP contribution < -0.4 is 10.2 Å². The molecular weight excluding hydrogens is 404 g/mol. The molecule has 0 radical (unpaired) electrons. The maximum absolute atomic E-state index is 12.8. The lowest BCUT2D eigenvalue weighted by molar-refractivity contribution is -0.117. The second kappa shape index (κ2) is 8.85. The molecule has 4 amide bonds. The summed E-state index contributed by atoms with van der Waals surface area (Å²) in [6.07, 6.45) is 1.46. The number of hydrogen-bond acceptors (Lipinski definition) is 4. The Bertz CT molecular complexity index is 944. The molecule has 156 valence electrons. The fraction of sp³-hybridized carbons (Fsp3) is 0.318. The maximum Gasteiger partial charge on any atom is 0.332 e. The molecule has 7 nitrogen and oxygen atoms in total. The molecule has 0 unspecified atom stereocenters. The Kier molecular flexibility index (Phi) is 6.01. The number of nitrogens with zero attached hydrogens (tertiary/aromatic N) is 3. The highest BCUT2D eigenvalue weighted by atomic mass is 35.5. The minimum absolute atomic E-state index is 0.00223. The van der Waals surface area contributed by atoms with Crippen molar-refractivity contribution in [3.05, 3.63) is 59.6 Å². The van der Waals surface area contributed by atoms with Crippen LogP contribution in [0.1, 0.15) is 12.8 Å². The van der Waals surface area contributed by atoms with Crippen molar-refractivity contribution < 1.29 is 14.4 Å². The molecule has 2 aromatic carbocycles. The molecule has 0 saturated carbocycles. The van der Waals surface area contributed by atoms with Crippen LogP contribution in [0, 0.1) is 0 Å². The van der Waals surface area contributed by atoms with Gasteiger partial charge in [0.1, 0.15) is 6.54 Å². The van der Waals surface area contributed by atoms with Crippen LogP contribution >= 0.6 is 11.6 Å². The van der Waals surface area contributed by atoms with E-state index in [-0.39, 0.29) is 37.0 Å². The summed E-state index contributed by atoms with van der Waals surface area (Å²) >= 11 is 5.95. The zero-order chi connectivity index (χ0) is 21.1. The van der Waals surface area contributed by atoms with E-state index < -0.39 is 0 Å². The Morgan fingerprint density at radius 3 is 2.47 bits per heavy atom. The maximum atomic E-state index is 12.8. The quantitative estimate of drug-likeness (QED) is 0.745. The number of halogens is 1. The molecule has 2 fully saturated rings. The Balaban J connectivity index is 1.30. The number of urea groups is 1. The first kappa shape index (κ1) is 20.4. The Labute approximate surface area is 180 Å². The summed E-state index contributed by atoms with van der Waals surface area (Å²) in [5.74, 6) is -0.298. The van der Waals surface area contributed by atoms with Gasteiger partial charge >= 0.3 is 6.03 Å². The number of benzene rings is 2. The van der Waals surface area contributed by atoms with E-state index in [1.54, 1.807) is 41.3 Å². The van der Waals surface area contributed by atoms with Crippen LogP contribution in [-0.4, -0.2) is 59.9 Å². The molecule has 30 heavy (non-hydrogen) atoms. The van der Waals surface area contributed by atoms with Crippen LogP contribution in [0.5, 0.6) is 0 Å². The van der Waals surface area contributed by atoms with Crippen LogP contribution in [0.15, 0.2) is 54.6 Å². The van der Waals surface area contributed by atoms with E-state index in [9.17, 15) is 14.4 Å². The minimum atomic E-state index is -0.261. The molecule has 0 atom stereocenters. The lowest BCUT2D eigenvalue weighted by atomic mass is 10.0. The first-order valence-corrected chi connectivity index (χ1v) is 10.4. The summed E-state index contributed by atoms with van der Waals surface area (Å²) in [5, 5.41) is 3.42. The molecule has 0 spiro atoms. The van der Waals surface area contributed by atoms with Gasteiger partial charge in [0.2, 0.25) is 5.91 Å². The van der Waals surface area contributed by atoms with E-state index in [1.807, 2.05) is 18.2 Å². The summed E-state index contributed by atoms with van der Waals surface area (Å²) in [4.78, 5) is 42.6. The third-order valence-corrected chi connectivity index (χ3v) is 5.71. The summed E-state index contributed by atoms with van der Waals surface area (Å²) in [6, 6.07) is 15.8. The predicted octanol–water partition coefficient (Wildman–Crippen LogP) is 3.21. The van der Waals surface area contributed by atoms with Crippen molar-refractivity contribution in [1.82, 2.24) is 9.80 Å². The number of piperidine rings is 1. The molecule has 1 N–H and O–H groups in total. The number of hydrogen-bond donors (Lipinski definition) is 1. The molecule has 0 aliphatic carbocycles. The van der Waals surface area contributed by atoms with Crippen LogP contribution in [0.25, 0.3) is 0 Å². The van der Waals surface area contributed by atoms with Crippen molar-refractivity contribution in [3.8, 4) is 0 Å². The number of likely N-dealkylation sites (tertiary alicyclic amines) is 1. The summed E-state index contributed by atoms with van der Waals surface area (Å²) in [7, 11) is 0. The second-order valence-corrected chi connectivity index (χ2v) is 7.98. The van der Waals surface area contributed by atoms with E-state index in [0.29, 0.717) is 29.5 Å². The number of rotatable bonds is 5. The number of anilines is 2. The third-order valence-electron chi connectivity index (χ3n) is 5.48. The zero-order valence-corrected chi connectivity index (χ0v) is 17.2. The van der Waals surface area contributed by atoms with E-state index in [4.69, 9.17) is 11.6 Å². The smallest absolute Gasteiger partial charge is 0.325 e. The molecule has 2 aromatic rings. The average molecular weight is 427 g/mol. The van der Waals surface area contributed by atoms with E-state index in [1.165, 1.54) is 4.90 Å². The molecule has 2 aliphatic heterocycles. The lowest BCUT2D eigenvalue weighted by Gasteiger charge is -2.35. The Morgan fingerprint density at radius 2 is 1.77 bits per heavy atom. The average Bonchev–Trinajstić information content (AvgIpc) is 3.03. The van der Waals surface area contributed by atoms with Gasteiger partial charge in [-0.15, -0.1) is 0 Å². The van der Waals surface area contributed by atoms with E-state index in [2.05, 4.69) is 10.2 Å². The second-order valence-electron chi connectivity index (χ2n) is 7.54. The first-order chi connectivity index (χ1) is 14.5. The number of para-hydroxylation sites is 1. The SMILES string of the molecule is O=C(CN1CCC(N2CC(=O)N(c3ccccc3)C2=O)CC1)Nc1cccc(Cl)c1. The molecule has 2 heterocycles. The molecular formula is C22H23ClN4O3. The zero-order valence-electron chi connectivity index (χ0n) is 16.5. The van der Waals surface area contributed by atoms with Gasteiger partial charge in [-0.25, -0.2) is 9.69 Å². The Hall–Kier alpha value is -2.90. The van der Waals surface area contributed by atoms with Gasteiger partial charge in [-0.3, -0.25) is 14.5 Å². The number of imide groups is 1. The van der Waals surface area contributed by atoms with Gasteiger partial charge in [-0.05, 0) is 43.2 Å². The van der Waals surface area contributed by atoms with Crippen LogP contribution in [0.4, 0.5) is 16.2 Å². The van der Waals surface area contributed by atoms with Crippen molar-refractivity contribution in [2.24, 2.45) is 0 Å². The van der Waals surface area contributed by atoms with E-state index >= 15 is 0 Å². The molecule has 0 aromatic heterocycles. The van der Waals surface area contributed by atoms with Crippen molar-refractivity contribution in [2.75, 3.05) is 36.4 Å². The van der Waals surface area contributed by atoms with Crippen molar-refractivity contribution in [3.63, 3.8) is 0 Å². The van der Waals surface area contributed by atoms with Crippen LogP contribution in [0.3, 0.4) is 0 Å². The number of carbonyl (C=O) groups is 3. The van der Waals surface area contributed by atoms with Crippen LogP contribution in [0.2, 0.25) is 5.02 Å². The van der Waals surface area contributed by atoms with Gasteiger partial charge in [0.05, 0.1) is 12.2 Å². The van der Waals surface area contributed by atoms with Gasteiger partial charge in [-0.2, -0.15) is 0 Å². The highest BCUT2D eigenvalue weighted by molar-refractivity contribution is 6.30. The third kappa shape index (κ3) is 4.47. The highest BCUT2D eigenvalue weighted by Gasteiger charge is 2.41. The Morgan fingerprint density at radius 1 is 1.03 bits per heavy atom. The largest absolute Gasteiger partial charge is 0.332 e. The normalized spacial score (nSPS) is 18.2. The topological polar surface area (TPSA) is 73.0 Å². The monoisotopic (exact) mass is 426 g/mol. The molecule has 4 rings (SSSR count). The van der Waals surface area contributed by atoms with Crippen molar-refractivity contribution in [1.29, 1.82) is 0 Å². The standard InChI is InChI=1S/C22H23ClN4O3/c23-16-5-4-6-17(13-16)24-20(28)14-25-11-9-18(10-12-25)26-15-21(29)27(22(26)30)19-7-2-1-3-8-19/h1-8,13,18H,9-12,14-15H2,(H,24,28). The lowest BCUT2D eigenvalue weighted by Crippen LogP contribution is -2.48. The first-order valence-electron chi connectivity index (χ1n) is 9.97. The summed E-state index contributed by atoms with van der Waals surface area (Å²) < 4.78 is 0. The number of amides is 4.